The van der Waals surface area contributed by atoms with Crippen molar-refractivity contribution in [2.45, 2.75) is 33.8 Å². The average molecular weight is 228 g/mol. The lowest BCUT2D eigenvalue weighted by atomic mass is 10.0. The highest BCUT2D eigenvalue weighted by molar-refractivity contribution is 5.65. The van der Waals surface area contributed by atoms with Gasteiger partial charge in [0.2, 0.25) is 0 Å². The lowest BCUT2D eigenvalue weighted by Gasteiger charge is -2.14. The van der Waals surface area contributed by atoms with Gasteiger partial charge < -0.3 is 4.74 Å². The predicted molar refractivity (Wildman–Crippen MR) is 59.7 cm³/mol. The van der Waals surface area contributed by atoms with Crippen molar-refractivity contribution < 1.29 is 19.7 Å². The van der Waals surface area contributed by atoms with Crippen LogP contribution in [0.4, 0.5) is 0 Å². The molecule has 3 atom stereocenters. The van der Waals surface area contributed by atoms with E-state index in [1.807, 2.05) is 6.92 Å². The van der Waals surface area contributed by atoms with E-state index in [-0.39, 0.29) is 29.3 Å². The lowest BCUT2D eigenvalue weighted by molar-refractivity contribution is -0.275. The second kappa shape index (κ2) is 4.55. The minimum atomic E-state index is -0.379. The van der Waals surface area contributed by atoms with Gasteiger partial charge in [0.1, 0.15) is 6.10 Å². The van der Waals surface area contributed by atoms with Gasteiger partial charge in [-0.15, -0.1) is 0 Å². The van der Waals surface area contributed by atoms with E-state index in [0.717, 1.165) is 5.57 Å². The fourth-order valence-corrected chi connectivity index (χ4v) is 2.38. The molecule has 4 heteroatoms. The molecule has 0 spiro atoms. The summed E-state index contributed by atoms with van der Waals surface area (Å²) in [6.45, 7) is 11.5. The molecule has 0 aromatic carbocycles. The summed E-state index contributed by atoms with van der Waals surface area (Å²) in [5.74, 6) is 0.0813. The van der Waals surface area contributed by atoms with Gasteiger partial charge in [0, 0.05) is 18.8 Å². The number of esters is 1. The van der Waals surface area contributed by atoms with E-state index in [1.165, 1.54) is 6.92 Å². The molecule has 0 radical (unpaired) electrons. The third-order valence-corrected chi connectivity index (χ3v) is 3.53. The highest BCUT2D eigenvalue weighted by Crippen LogP contribution is 2.61. The summed E-state index contributed by atoms with van der Waals surface area (Å²) in [5, 5.41) is 8.87. The van der Waals surface area contributed by atoms with Gasteiger partial charge >= 0.3 is 5.97 Å². The molecule has 1 saturated carbocycles. The second-order valence-electron chi connectivity index (χ2n) is 5.13. The maximum atomic E-state index is 10.7. The first kappa shape index (κ1) is 13.2. The molecule has 0 heterocycles. The summed E-state index contributed by atoms with van der Waals surface area (Å²) >= 11 is 0. The largest absolute Gasteiger partial charge is 0.466 e. The third kappa shape index (κ3) is 2.44. The van der Waals surface area contributed by atoms with Crippen molar-refractivity contribution in [1.29, 1.82) is 0 Å². The summed E-state index contributed by atoms with van der Waals surface area (Å²) in [7, 11) is 0. The summed E-state index contributed by atoms with van der Waals surface area (Å²) in [5.41, 5.74) is 0.785. The van der Waals surface area contributed by atoms with Gasteiger partial charge in [0.05, 0.1) is 6.61 Å². The Labute approximate surface area is 96.2 Å². The molecule has 92 valence electrons. The van der Waals surface area contributed by atoms with Crippen LogP contribution in [-0.4, -0.2) is 23.9 Å². The minimum absolute atomic E-state index is 0.00178. The van der Waals surface area contributed by atoms with E-state index in [4.69, 9.17) is 9.99 Å². The molecule has 0 aliphatic heterocycles. The van der Waals surface area contributed by atoms with Crippen molar-refractivity contribution in [3.63, 3.8) is 0 Å². The third-order valence-electron chi connectivity index (χ3n) is 3.53. The van der Waals surface area contributed by atoms with Gasteiger partial charge in [0.15, 0.2) is 0 Å². The van der Waals surface area contributed by atoms with Crippen LogP contribution in [-0.2, 0) is 14.4 Å². The van der Waals surface area contributed by atoms with Gasteiger partial charge in [-0.05, 0) is 17.9 Å². The van der Waals surface area contributed by atoms with Crippen molar-refractivity contribution >= 4 is 5.97 Å². The van der Waals surface area contributed by atoms with Crippen LogP contribution in [0.2, 0.25) is 0 Å². The Kier molecular flexibility index (Phi) is 3.76. The molecule has 1 fully saturated rings. The Hall–Kier alpha value is -0.870. The highest BCUT2D eigenvalue weighted by Gasteiger charge is 2.62. The minimum Gasteiger partial charge on any atom is -0.466 e. The number of rotatable bonds is 5. The standard InChI is InChI=1S/C12H20O4/c1-7(2)11(16-14)10-9(12(10,4)5)6-15-8(3)13/h9-11,14H,1,6H2,2-5H3/t9-,10+,11?/m1/s1. The van der Waals surface area contributed by atoms with Gasteiger partial charge in [-0.3, -0.25) is 10.1 Å². The Morgan fingerprint density at radius 3 is 2.44 bits per heavy atom. The Morgan fingerprint density at radius 1 is 1.50 bits per heavy atom. The second-order valence-corrected chi connectivity index (χ2v) is 5.13. The van der Waals surface area contributed by atoms with E-state index in [0.29, 0.717) is 6.61 Å². The van der Waals surface area contributed by atoms with Crippen LogP contribution in [0.15, 0.2) is 12.2 Å². The summed E-state index contributed by atoms with van der Waals surface area (Å²) < 4.78 is 5.00. The van der Waals surface area contributed by atoms with E-state index >= 15 is 0 Å². The van der Waals surface area contributed by atoms with E-state index in [9.17, 15) is 4.79 Å². The van der Waals surface area contributed by atoms with E-state index in [2.05, 4.69) is 25.3 Å². The number of carbonyl (C=O) groups is 1. The zero-order valence-corrected chi connectivity index (χ0v) is 10.3. The maximum absolute atomic E-state index is 10.7. The molecule has 0 bridgehead atoms. The van der Waals surface area contributed by atoms with Gasteiger partial charge in [-0.1, -0.05) is 20.4 Å². The highest BCUT2D eigenvalue weighted by atomic mass is 17.1. The topological polar surface area (TPSA) is 55.8 Å². The van der Waals surface area contributed by atoms with E-state index in [1.54, 1.807) is 0 Å². The van der Waals surface area contributed by atoms with Crippen molar-refractivity contribution in [1.82, 2.24) is 0 Å². The molecule has 1 aliphatic rings. The molecule has 0 aromatic rings. The zero-order chi connectivity index (χ0) is 12.5. The summed E-state index contributed by atoms with van der Waals surface area (Å²) in [4.78, 5) is 15.2. The van der Waals surface area contributed by atoms with Gasteiger partial charge in [-0.25, -0.2) is 4.89 Å². The maximum Gasteiger partial charge on any atom is 0.302 e. The molecule has 1 rings (SSSR count). The van der Waals surface area contributed by atoms with Crippen LogP contribution in [0.1, 0.15) is 27.7 Å². The van der Waals surface area contributed by atoms with E-state index < -0.39 is 0 Å². The fraction of sp³-hybridized carbons (Fsp3) is 0.750. The van der Waals surface area contributed by atoms with Crippen LogP contribution in [0, 0.1) is 17.3 Å². The lowest BCUT2D eigenvalue weighted by Crippen LogP contribution is -2.18. The summed E-state index contributed by atoms with van der Waals surface area (Å²) in [6, 6.07) is 0. The molecule has 0 saturated heterocycles. The monoisotopic (exact) mass is 228 g/mol. The molecular formula is C12H20O4. The van der Waals surface area contributed by atoms with Crippen molar-refractivity contribution in [2.24, 2.45) is 17.3 Å². The quantitative estimate of drug-likeness (QED) is 0.339. The Morgan fingerprint density at radius 2 is 2.06 bits per heavy atom. The number of hydrogen-bond acceptors (Lipinski definition) is 4. The molecule has 1 aliphatic carbocycles. The van der Waals surface area contributed by atoms with Gasteiger partial charge in [0.25, 0.3) is 0 Å². The number of carbonyl (C=O) groups excluding carboxylic acids is 1. The molecular weight excluding hydrogens is 208 g/mol. The van der Waals surface area contributed by atoms with Crippen LogP contribution in [0.25, 0.3) is 0 Å². The van der Waals surface area contributed by atoms with Crippen LogP contribution in [0.5, 0.6) is 0 Å². The molecule has 16 heavy (non-hydrogen) atoms. The predicted octanol–water partition coefficient (Wildman–Crippen LogP) is 2.26. The van der Waals surface area contributed by atoms with Crippen LogP contribution < -0.4 is 0 Å². The first-order valence-corrected chi connectivity index (χ1v) is 5.41. The number of ether oxygens (including phenoxy) is 1. The van der Waals surface area contributed by atoms with Crippen LogP contribution in [0.3, 0.4) is 0 Å². The zero-order valence-electron chi connectivity index (χ0n) is 10.3. The normalized spacial score (nSPS) is 28.3. The average Bonchev–Trinajstić information content (AvgIpc) is 2.66. The molecule has 4 nitrogen and oxygen atoms in total. The SMILES string of the molecule is C=C(C)C(OO)[C@@H]1[C@@H](COC(C)=O)C1(C)C. The Balaban J connectivity index is 2.62. The number of hydrogen-bond donors (Lipinski definition) is 1. The summed E-state index contributed by atoms with van der Waals surface area (Å²) in [6.07, 6.45) is -0.379. The van der Waals surface area contributed by atoms with Crippen LogP contribution >= 0.6 is 0 Å². The smallest absolute Gasteiger partial charge is 0.302 e. The molecule has 1 unspecified atom stereocenters. The molecule has 1 N–H and O–H groups in total. The van der Waals surface area contributed by atoms with Gasteiger partial charge in [-0.2, -0.15) is 0 Å². The van der Waals surface area contributed by atoms with Crippen molar-refractivity contribution in [3.8, 4) is 0 Å². The molecule has 0 aromatic heterocycles. The Bertz CT molecular complexity index is 295. The molecule has 0 amide bonds. The first-order chi connectivity index (χ1) is 7.32. The first-order valence-electron chi connectivity index (χ1n) is 5.41. The van der Waals surface area contributed by atoms with Crippen molar-refractivity contribution in [2.75, 3.05) is 6.61 Å². The fourth-order valence-electron chi connectivity index (χ4n) is 2.38. The van der Waals surface area contributed by atoms with Crippen molar-refractivity contribution in [3.05, 3.63) is 12.2 Å².